The largest absolute Gasteiger partial charge is 1.00 e. The molecule has 0 bridgehead atoms. The summed E-state index contributed by atoms with van der Waals surface area (Å²) in [5.74, 6) is 0. The fourth-order valence-electron chi connectivity index (χ4n) is 2.49. The molecule has 1 heterocycles. The smallest absolute Gasteiger partial charge is 0.416 e. The summed E-state index contributed by atoms with van der Waals surface area (Å²) in [7, 11) is 1.81. The predicted molar refractivity (Wildman–Crippen MR) is 61.0 cm³/mol. The van der Waals surface area contributed by atoms with Gasteiger partial charge in [-0.3, -0.25) is 0 Å². The number of rotatable bonds is 0. The van der Waals surface area contributed by atoms with Crippen molar-refractivity contribution >= 4 is 11.4 Å². The fourth-order valence-corrected chi connectivity index (χ4v) is 2.49. The molecule has 1 aliphatic heterocycles. The summed E-state index contributed by atoms with van der Waals surface area (Å²) in [5.41, 5.74) is 0.874. The van der Waals surface area contributed by atoms with Crippen molar-refractivity contribution < 1.29 is 41.7 Å². The minimum atomic E-state index is -4.30. The van der Waals surface area contributed by atoms with Crippen molar-refractivity contribution in [3.63, 3.8) is 0 Å². The van der Waals surface area contributed by atoms with Gasteiger partial charge in [0.2, 0.25) is 5.69 Å². The van der Waals surface area contributed by atoms with Gasteiger partial charge in [-0.25, -0.2) is 4.58 Å². The highest BCUT2D eigenvalue weighted by atomic mass is 127. The van der Waals surface area contributed by atoms with E-state index in [0.29, 0.717) is 11.3 Å². The van der Waals surface area contributed by atoms with Crippen molar-refractivity contribution in [1.82, 2.24) is 0 Å². The minimum Gasteiger partial charge on any atom is -1.00 e. The van der Waals surface area contributed by atoms with Crippen LogP contribution in [-0.4, -0.2) is 17.3 Å². The zero-order chi connectivity index (χ0) is 13.0. The van der Waals surface area contributed by atoms with E-state index in [1.54, 1.807) is 6.07 Å². The second-order valence-corrected chi connectivity index (χ2v) is 4.97. The van der Waals surface area contributed by atoms with E-state index in [2.05, 4.69) is 0 Å². The SMILES string of the molecule is CC1=[N+](C)c2cccc(C(F)(F)F)c2C1(C)C.[I-]. The predicted octanol–water partition coefficient (Wildman–Crippen LogP) is 0.735. The zero-order valence-electron chi connectivity index (χ0n) is 10.7. The molecule has 0 aromatic heterocycles. The lowest BCUT2D eigenvalue weighted by Gasteiger charge is -2.20. The van der Waals surface area contributed by atoms with Gasteiger partial charge in [-0.15, -0.1) is 0 Å². The molecule has 1 aromatic rings. The Balaban J connectivity index is 0.00000162. The molecule has 18 heavy (non-hydrogen) atoms. The van der Waals surface area contributed by atoms with Gasteiger partial charge in [0, 0.05) is 13.0 Å². The van der Waals surface area contributed by atoms with Gasteiger partial charge in [0.15, 0.2) is 5.71 Å². The van der Waals surface area contributed by atoms with Gasteiger partial charge >= 0.3 is 6.18 Å². The Morgan fingerprint density at radius 2 is 1.72 bits per heavy atom. The molecular weight excluding hydrogens is 354 g/mol. The molecule has 1 aromatic carbocycles. The second kappa shape index (κ2) is 4.51. The van der Waals surface area contributed by atoms with Crippen LogP contribution in [-0.2, 0) is 11.6 Å². The number of alkyl halides is 3. The van der Waals surface area contributed by atoms with Crippen molar-refractivity contribution in [2.24, 2.45) is 0 Å². The first-order valence-electron chi connectivity index (χ1n) is 5.46. The maximum atomic E-state index is 13.0. The average molecular weight is 369 g/mol. The van der Waals surface area contributed by atoms with Crippen LogP contribution in [0.25, 0.3) is 0 Å². The molecule has 100 valence electrons. The van der Waals surface area contributed by atoms with Gasteiger partial charge < -0.3 is 24.0 Å². The summed E-state index contributed by atoms with van der Waals surface area (Å²) >= 11 is 0. The molecule has 1 aliphatic rings. The summed E-state index contributed by atoms with van der Waals surface area (Å²) in [5, 5.41) is 0. The second-order valence-electron chi connectivity index (χ2n) is 4.97. The van der Waals surface area contributed by atoms with E-state index in [1.807, 2.05) is 32.4 Å². The quantitative estimate of drug-likeness (QED) is 0.469. The molecule has 0 aliphatic carbocycles. The third-order valence-electron chi connectivity index (χ3n) is 3.74. The summed E-state index contributed by atoms with van der Waals surface area (Å²) in [4.78, 5) is 0. The van der Waals surface area contributed by atoms with Gasteiger partial charge in [-0.1, -0.05) is 6.07 Å². The van der Waals surface area contributed by atoms with Gasteiger partial charge in [-0.2, -0.15) is 13.2 Å². The number of benzene rings is 1. The normalized spacial score (nSPS) is 17.5. The van der Waals surface area contributed by atoms with Crippen LogP contribution in [0.3, 0.4) is 0 Å². The Morgan fingerprint density at radius 3 is 2.22 bits per heavy atom. The Labute approximate surface area is 122 Å². The Kier molecular flexibility index (Phi) is 3.87. The van der Waals surface area contributed by atoms with Gasteiger partial charge in [-0.05, 0) is 19.9 Å². The standard InChI is InChI=1S/C13H15F3N.HI/c1-8-12(2,3)11-9(13(14,15)16)6-5-7-10(11)17(8)4;/h5-7H,1-4H3;1H/q+1;/p-1. The van der Waals surface area contributed by atoms with Crippen molar-refractivity contribution in [2.75, 3.05) is 7.05 Å². The maximum Gasteiger partial charge on any atom is 0.416 e. The highest BCUT2D eigenvalue weighted by molar-refractivity contribution is 5.93. The number of hydrogen-bond donors (Lipinski definition) is 0. The van der Waals surface area contributed by atoms with Crippen LogP contribution in [0.5, 0.6) is 0 Å². The van der Waals surface area contributed by atoms with Crippen LogP contribution in [0.4, 0.5) is 18.9 Å². The third-order valence-corrected chi connectivity index (χ3v) is 3.74. The summed E-state index contributed by atoms with van der Waals surface area (Å²) in [6.45, 7) is 5.54. The number of hydrogen-bond acceptors (Lipinski definition) is 0. The number of nitrogens with zero attached hydrogens (tertiary/aromatic N) is 1. The highest BCUT2D eigenvalue weighted by Crippen LogP contribution is 2.45. The van der Waals surface area contributed by atoms with Crippen LogP contribution in [0.2, 0.25) is 0 Å². The molecule has 0 unspecified atom stereocenters. The lowest BCUT2D eigenvalue weighted by Crippen LogP contribution is -3.00. The fraction of sp³-hybridized carbons (Fsp3) is 0.462. The van der Waals surface area contributed by atoms with Crippen molar-refractivity contribution in [3.8, 4) is 0 Å². The Bertz CT molecular complexity index is 515. The molecule has 0 spiro atoms. The topological polar surface area (TPSA) is 3.01 Å². The first-order chi connectivity index (χ1) is 7.67. The summed E-state index contributed by atoms with van der Waals surface area (Å²) < 4.78 is 40.9. The Hall–Kier alpha value is -0.590. The van der Waals surface area contributed by atoms with E-state index < -0.39 is 17.2 Å². The molecule has 5 heteroatoms. The summed E-state index contributed by atoms with van der Waals surface area (Å²) in [6.07, 6.45) is -4.30. The molecular formula is C13H15F3IN. The molecule has 0 fully saturated rings. The van der Waals surface area contributed by atoms with Crippen molar-refractivity contribution in [2.45, 2.75) is 32.4 Å². The molecule has 0 saturated carbocycles. The molecule has 0 N–H and O–H groups in total. The van der Waals surface area contributed by atoms with Crippen LogP contribution in [0, 0.1) is 0 Å². The molecule has 0 amide bonds. The van der Waals surface area contributed by atoms with E-state index in [-0.39, 0.29) is 24.0 Å². The maximum absolute atomic E-state index is 13.0. The van der Waals surface area contributed by atoms with Crippen LogP contribution in [0.15, 0.2) is 18.2 Å². The number of halogens is 4. The van der Waals surface area contributed by atoms with E-state index in [4.69, 9.17) is 0 Å². The molecule has 1 nitrogen and oxygen atoms in total. The van der Waals surface area contributed by atoms with Crippen molar-refractivity contribution in [3.05, 3.63) is 29.3 Å². The lowest BCUT2D eigenvalue weighted by atomic mass is 9.79. The number of fused-ring (bicyclic) bond motifs is 1. The first kappa shape index (κ1) is 15.5. The first-order valence-corrected chi connectivity index (χ1v) is 5.46. The van der Waals surface area contributed by atoms with Gasteiger partial charge in [0.25, 0.3) is 0 Å². The lowest BCUT2D eigenvalue weighted by molar-refractivity contribution is -0.403. The zero-order valence-corrected chi connectivity index (χ0v) is 12.8. The van der Waals surface area contributed by atoms with Crippen LogP contribution in [0.1, 0.15) is 31.9 Å². The summed E-state index contributed by atoms with van der Waals surface area (Å²) in [6, 6.07) is 4.36. The molecule has 0 saturated heterocycles. The van der Waals surface area contributed by atoms with E-state index in [9.17, 15) is 13.2 Å². The van der Waals surface area contributed by atoms with Crippen molar-refractivity contribution in [1.29, 1.82) is 0 Å². The monoisotopic (exact) mass is 369 g/mol. The minimum absolute atomic E-state index is 0. The third kappa shape index (κ3) is 2.06. The van der Waals surface area contributed by atoms with E-state index >= 15 is 0 Å². The average Bonchev–Trinajstić information content (AvgIpc) is 2.40. The highest BCUT2D eigenvalue weighted by Gasteiger charge is 2.48. The molecule has 2 rings (SSSR count). The molecule has 0 radical (unpaired) electrons. The molecule has 0 atom stereocenters. The van der Waals surface area contributed by atoms with E-state index in [0.717, 1.165) is 11.8 Å². The Morgan fingerprint density at radius 1 is 1.17 bits per heavy atom. The van der Waals surface area contributed by atoms with Gasteiger partial charge in [0.05, 0.1) is 16.5 Å². The van der Waals surface area contributed by atoms with Gasteiger partial charge in [0.1, 0.15) is 7.05 Å². The van der Waals surface area contributed by atoms with Crippen LogP contribution >= 0.6 is 0 Å². The van der Waals surface area contributed by atoms with E-state index in [1.165, 1.54) is 6.07 Å². The van der Waals surface area contributed by atoms with Crippen LogP contribution < -0.4 is 24.0 Å².